The van der Waals surface area contributed by atoms with Crippen molar-refractivity contribution in [3.05, 3.63) is 53.7 Å². The highest BCUT2D eigenvalue weighted by atomic mass is 35.5. The summed E-state index contributed by atoms with van der Waals surface area (Å²) in [6.45, 7) is 3.39. The Labute approximate surface area is 204 Å². The van der Waals surface area contributed by atoms with Crippen LogP contribution >= 0.6 is 18.7 Å². The molecular formula is C23H26ClN4O4PS. The predicted molar refractivity (Wildman–Crippen MR) is 137 cm³/mol. The Morgan fingerprint density at radius 3 is 2.53 bits per heavy atom. The third-order valence-corrected chi connectivity index (χ3v) is 9.69. The topological polar surface area (TPSA) is 101 Å². The van der Waals surface area contributed by atoms with Gasteiger partial charge in [-0.05, 0) is 56.5 Å². The number of benzene rings is 2. The molecule has 1 aliphatic rings. The van der Waals surface area contributed by atoms with Crippen LogP contribution in [0.3, 0.4) is 0 Å². The van der Waals surface area contributed by atoms with Crippen LogP contribution in [0.15, 0.2) is 53.6 Å². The van der Waals surface area contributed by atoms with Gasteiger partial charge in [-0.3, -0.25) is 0 Å². The zero-order chi connectivity index (χ0) is 24.7. The molecule has 0 atom stereocenters. The quantitative estimate of drug-likeness (QED) is 0.421. The molecule has 1 heterocycles. The first kappa shape index (κ1) is 24.5. The van der Waals surface area contributed by atoms with E-state index < -0.39 is 17.0 Å². The van der Waals surface area contributed by atoms with Gasteiger partial charge in [-0.2, -0.15) is 4.98 Å². The minimum Gasteiger partial charge on any atom is -0.495 e. The summed E-state index contributed by atoms with van der Waals surface area (Å²) in [7, 11) is -2.64. The van der Waals surface area contributed by atoms with Crippen LogP contribution in [0, 0.1) is 0 Å². The molecule has 0 radical (unpaired) electrons. The second kappa shape index (κ2) is 9.21. The highest BCUT2D eigenvalue weighted by molar-refractivity contribution is 7.92. The second-order valence-electron chi connectivity index (χ2n) is 8.50. The van der Waals surface area contributed by atoms with Gasteiger partial charge in [-0.25, -0.2) is 13.4 Å². The molecule has 0 spiro atoms. The Bertz CT molecular complexity index is 1390. The van der Waals surface area contributed by atoms with Crippen molar-refractivity contribution < 1.29 is 17.7 Å². The number of hydrogen-bond acceptors (Lipinski definition) is 8. The maximum Gasteiger partial charge on any atom is 0.229 e. The Balaban J connectivity index is 1.69. The highest BCUT2D eigenvalue weighted by Crippen LogP contribution is 2.40. The molecule has 0 saturated heterocycles. The fraction of sp³-hybridized carbons (Fsp3) is 0.304. The Morgan fingerprint density at radius 2 is 1.88 bits per heavy atom. The van der Waals surface area contributed by atoms with Gasteiger partial charge in [0.1, 0.15) is 17.9 Å². The van der Waals surface area contributed by atoms with Gasteiger partial charge in [0.25, 0.3) is 0 Å². The fourth-order valence-electron chi connectivity index (χ4n) is 3.54. The molecule has 1 N–H and O–H groups in total. The maximum absolute atomic E-state index is 13.0. The molecule has 3 aromatic rings. The number of rotatable bonds is 8. The molecule has 1 saturated carbocycles. The number of methoxy groups -OCH3 is 1. The number of aromatic nitrogens is 2. The van der Waals surface area contributed by atoms with E-state index in [1.807, 2.05) is 0 Å². The third kappa shape index (κ3) is 4.92. The zero-order valence-corrected chi connectivity index (χ0v) is 21.8. The van der Waals surface area contributed by atoms with Crippen molar-refractivity contribution >= 4 is 57.0 Å². The van der Waals surface area contributed by atoms with Crippen LogP contribution in [-0.2, 0) is 14.4 Å². The summed E-state index contributed by atoms with van der Waals surface area (Å²) in [5.74, 6) is 1.09. The number of nitrogens with zero attached hydrogens (tertiary/aromatic N) is 3. The number of hydrogen-bond donors (Lipinski definition) is 1. The summed E-state index contributed by atoms with van der Waals surface area (Å²) in [5, 5.41) is 3.74. The van der Waals surface area contributed by atoms with Crippen molar-refractivity contribution in [3.8, 4) is 5.75 Å². The van der Waals surface area contributed by atoms with Crippen molar-refractivity contribution in [1.29, 1.82) is 0 Å². The van der Waals surface area contributed by atoms with Gasteiger partial charge in [0.2, 0.25) is 5.95 Å². The van der Waals surface area contributed by atoms with Crippen LogP contribution in [-0.4, -0.2) is 51.1 Å². The van der Waals surface area contributed by atoms with Gasteiger partial charge in [0.05, 0.1) is 34.8 Å². The van der Waals surface area contributed by atoms with Crippen LogP contribution in [0.1, 0.15) is 12.8 Å². The molecule has 1 aromatic heterocycles. The SMILES string of the molecule is COc1cc(P(C)(C)=O)ccc1Nc1ncc(Cl)c(N(C)c2ccccc2S(=O)(=O)C2CC2)n1. The molecule has 11 heteroatoms. The van der Waals surface area contributed by atoms with Crippen LogP contribution in [0.5, 0.6) is 5.75 Å². The maximum atomic E-state index is 13.0. The van der Waals surface area contributed by atoms with E-state index in [1.54, 1.807) is 67.7 Å². The van der Waals surface area contributed by atoms with E-state index in [9.17, 15) is 13.0 Å². The summed E-state index contributed by atoms with van der Waals surface area (Å²) < 4.78 is 43.8. The molecule has 2 aromatic carbocycles. The molecule has 4 rings (SSSR count). The second-order valence-corrected chi connectivity index (χ2v) is 14.3. The van der Waals surface area contributed by atoms with E-state index in [1.165, 1.54) is 13.3 Å². The standard InChI is InChI=1S/C23H26ClN4O4PS/c1-28(19-7-5-6-8-21(19)34(30,31)16-10-11-16)22-17(24)14-25-23(27-22)26-18-12-9-15(33(3,4)29)13-20(18)32-2/h5-9,12-14,16H,10-11H2,1-4H3,(H,25,26,27). The molecule has 0 unspecified atom stereocenters. The molecule has 0 bridgehead atoms. The molecule has 34 heavy (non-hydrogen) atoms. The summed E-state index contributed by atoms with van der Waals surface area (Å²) in [4.78, 5) is 10.7. The minimum absolute atomic E-state index is 0.246. The van der Waals surface area contributed by atoms with E-state index in [2.05, 4.69) is 15.3 Å². The van der Waals surface area contributed by atoms with Crippen LogP contribution in [0.4, 0.5) is 23.1 Å². The highest BCUT2D eigenvalue weighted by Gasteiger charge is 2.38. The molecule has 1 aliphatic carbocycles. The number of nitrogens with one attached hydrogen (secondary N) is 1. The van der Waals surface area contributed by atoms with E-state index >= 15 is 0 Å². The first-order valence-electron chi connectivity index (χ1n) is 10.6. The summed E-state index contributed by atoms with van der Waals surface area (Å²) >= 11 is 6.42. The Kier molecular flexibility index (Phi) is 6.64. The minimum atomic E-state index is -3.43. The smallest absolute Gasteiger partial charge is 0.229 e. The lowest BCUT2D eigenvalue weighted by Crippen LogP contribution is -2.18. The number of ether oxygens (including phenoxy) is 1. The normalized spacial score (nSPS) is 14.0. The van der Waals surface area contributed by atoms with E-state index in [0.29, 0.717) is 41.1 Å². The summed E-state index contributed by atoms with van der Waals surface area (Å²) in [6.07, 6.45) is 2.80. The molecule has 1 fully saturated rings. The van der Waals surface area contributed by atoms with Gasteiger partial charge in [0.15, 0.2) is 15.7 Å². The van der Waals surface area contributed by atoms with Gasteiger partial charge < -0.3 is 19.5 Å². The van der Waals surface area contributed by atoms with Gasteiger partial charge in [-0.1, -0.05) is 23.7 Å². The van der Waals surface area contributed by atoms with Crippen LogP contribution in [0.25, 0.3) is 0 Å². The monoisotopic (exact) mass is 520 g/mol. The number of halogens is 1. The predicted octanol–water partition coefficient (Wildman–Crippen LogP) is 4.83. The van der Waals surface area contributed by atoms with Crippen molar-refractivity contribution in [2.75, 3.05) is 37.7 Å². The molecule has 0 amide bonds. The average molecular weight is 521 g/mol. The summed E-state index contributed by atoms with van der Waals surface area (Å²) in [5.41, 5.74) is 1.08. The van der Waals surface area contributed by atoms with Crippen molar-refractivity contribution in [2.24, 2.45) is 0 Å². The first-order chi connectivity index (χ1) is 16.0. The fourth-order valence-corrected chi connectivity index (χ4v) is 6.50. The lowest BCUT2D eigenvalue weighted by Gasteiger charge is -2.23. The van der Waals surface area contributed by atoms with E-state index in [-0.39, 0.29) is 21.1 Å². The largest absolute Gasteiger partial charge is 0.495 e. The number of anilines is 4. The average Bonchev–Trinajstić information content (AvgIpc) is 3.65. The number of sulfone groups is 1. The van der Waals surface area contributed by atoms with E-state index in [0.717, 1.165) is 0 Å². The Morgan fingerprint density at radius 1 is 1.18 bits per heavy atom. The first-order valence-corrected chi connectivity index (χ1v) is 15.1. The van der Waals surface area contributed by atoms with Crippen molar-refractivity contribution in [2.45, 2.75) is 23.0 Å². The molecule has 180 valence electrons. The van der Waals surface area contributed by atoms with Crippen molar-refractivity contribution in [1.82, 2.24) is 9.97 Å². The van der Waals surface area contributed by atoms with E-state index in [4.69, 9.17) is 16.3 Å². The molecule has 8 nitrogen and oxygen atoms in total. The van der Waals surface area contributed by atoms with Crippen molar-refractivity contribution in [3.63, 3.8) is 0 Å². The molecule has 0 aliphatic heterocycles. The van der Waals surface area contributed by atoms with Gasteiger partial charge in [0, 0.05) is 12.4 Å². The number of para-hydroxylation sites is 1. The lowest BCUT2D eigenvalue weighted by molar-refractivity contribution is 0.417. The molecular weight excluding hydrogens is 495 g/mol. The van der Waals surface area contributed by atoms with Crippen LogP contribution < -0.4 is 20.3 Å². The summed E-state index contributed by atoms with van der Waals surface area (Å²) in [6, 6.07) is 12.1. The van der Waals surface area contributed by atoms with Crippen LogP contribution in [0.2, 0.25) is 5.02 Å². The lowest BCUT2D eigenvalue weighted by atomic mass is 10.3. The Hall–Kier alpha value is -2.61. The van der Waals surface area contributed by atoms with Gasteiger partial charge >= 0.3 is 0 Å². The zero-order valence-electron chi connectivity index (χ0n) is 19.3. The third-order valence-electron chi connectivity index (χ3n) is 5.59. The van der Waals surface area contributed by atoms with Gasteiger partial charge in [-0.15, -0.1) is 0 Å².